The topological polar surface area (TPSA) is 52.7 Å². The zero-order chi connectivity index (χ0) is 14.9. The van der Waals surface area contributed by atoms with Gasteiger partial charge in [-0.2, -0.15) is 4.31 Å². The lowest BCUT2D eigenvalue weighted by Gasteiger charge is -2.36. The summed E-state index contributed by atoms with van der Waals surface area (Å²) in [5.41, 5.74) is 0. The van der Waals surface area contributed by atoms with Crippen LogP contribution in [0.3, 0.4) is 0 Å². The number of likely N-dealkylation sites (N-methyl/N-ethyl adjacent to an activating group) is 1. The summed E-state index contributed by atoms with van der Waals surface area (Å²) in [6.45, 7) is 4.17. The van der Waals surface area contributed by atoms with Gasteiger partial charge in [0.2, 0.25) is 0 Å². The van der Waals surface area contributed by atoms with Crippen LogP contribution < -0.4 is 5.32 Å². The van der Waals surface area contributed by atoms with Crippen LogP contribution in [-0.4, -0.2) is 63.4 Å². The number of rotatable bonds is 5. The molecule has 2 fully saturated rings. The highest BCUT2D eigenvalue weighted by Crippen LogP contribution is 2.29. The van der Waals surface area contributed by atoms with Crippen LogP contribution in [0.5, 0.6) is 0 Å². The third kappa shape index (κ3) is 3.17. The molecule has 2 aliphatic heterocycles. The predicted octanol–water partition coefficient (Wildman–Crippen LogP) is 0.979. The van der Waals surface area contributed by atoms with Gasteiger partial charge in [-0.15, -0.1) is 11.3 Å². The molecule has 2 aliphatic rings. The summed E-state index contributed by atoms with van der Waals surface area (Å²) in [6, 6.07) is 4.14. The van der Waals surface area contributed by atoms with Crippen LogP contribution in [0, 0.1) is 0 Å². The van der Waals surface area contributed by atoms with Crippen LogP contribution in [0.2, 0.25) is 0 Å². The minimum absolute atomic E-state index is 0.428. The molecule has 0 saturated carbocycles. The molecule has 0 bridgehead atoms. The van der Waals surface area contributed by atoms with Gasteiger partial charge in [0.15, 0.2) is 0 Å². The molecule has 0 amide bonds. The molecular weight excluding hydrogens is 306 g/mol. The second-order valence-electron chi connectivity index (χ2n) is 5.77. The molecule has 118 valence electrons. The molecule has 3 rings (SSSR count). The average molecular weight is 329 g/mol. The standard InChI is InChI=1S/C14H23N3O2S2/c1-15-7-6-13-4-5-14(20-13)21(18,19)17-10-9-16-8-2-3-12(16)11-17/h4-5,12,15H,2-3,6-11H2,1H3. The summed E-state index contributed by atoms with van der Waals surface area (Å²) in [7, 11) is -1.39. The van der Waals surface area contributed by atoms with E-state index in [9.17, 15) is 8.42 Å². The Morgan fingerprint density at radius 2 is 2.19 bits per heavy atom. The lowest BCUT2D eigenvalue weighted by Crippen LogP contribution is -2.51. The van der Waals surface area contributed by atoms with Gasteiger partial charge in [-0.1, -0.05) is 0 Å². The van der Waals surface area contributed by atoms with Crippen molar-refractivity contribution in [1.29, 1.82) is 0 Å². The van der Waals surface area contributed by atoms with E-state index in [2.05, 4.69) is 10.2 Å². The smallest absolute Gasteiger partial charge is 0.252 e. The number of hydrogen-bond donors (Lipinski definition) is 1. The van der Waals surface area contributed by atoms with Crippen LogP contribution in [0.4, 0.5) is 0 Å². The molecule has 0 spiro atoms. The largest absolute Gasteiger partial charge is 0.319 e. The van der Waals surface area contributed by atoms with E-state index in [-0.39, 0.29) is 0 Å². The first kappa shape index (κ1) is 15.4. The predicted molar refractivity (Wildman–Crippen MR) is 85.3 cm³/mol. The minimum Gasteiger partial charge on any atom is -0.319 e. The molecule has 1 N–H and O–H groups in total. The number of fused-ring (bicyclic) bond motifs is 1. The van der Waals surface area contributed by atoms with E-state index >= 15 is 0 Å². The monoisotopic (exact) mass is 329 g/mol. The highest BCUT2D eigenvalue weighted by molar-refractivity contribution is 7.91. The number of nitrogens with one attached hydrogen (secondary N) is 1. The van der Waals surface area contributed by atoms with Crippen LogP contribution >= 0.6 is 11.3 Å². The molecule has 0 radical (unpaired) electrons. The number of piperazine rings is 1. The summed E-state index contributed by atoms with van der Waals surface area (Å²) in [6.07, 6.45) is 3.21. The van der Waals surface area contributed by atoms with Crippen molar-refractivity contribution < 1.29 is 8.42 Å². The highest BCUT2D eigenvalue weighted by atomic mass is 32.2. The van der Waals surface area contributed by atoms with Gasteiger partial charge in [0, 0.05) is 30.6 Å². The molecule has 0 aliphatic carbocycles. The summed E-state index contributed by atoms with van der Waals surface area (Å²) in [5.74, 6) is 0. The normalized spacial score (nSPS) is 24.3. The Balaban J connectivity index is 1.72. The molecule has 5 nitrogen and oxygen atoms in total. The maximum atomic E-state index is 12.8. The van der Waals surface area contributed by atoms with Crippen molar-refractivity contribution in [3.05, 3.63) is 17.0 Å². The van der Waals surface area contributed by atoms with Crippen molar-refractivity contribution in [3.63, 3.8) is 0 Å². The number of sulfonamides is 1. The van der Waals surface area contributed by atoms with Gasteiger partial charge in [0.25, 0.3) is 10.0 Å². The highest BCUT2D eigenvalue weighted by Gasteiger charge is 2.36. The molecule has 21 heavy (non-hydrogen) atoms. The third-order valence-corrected chi connectivity index (χ3v) is 7.88. The van der Waals surface area contributed by atoms with E-state index < -0.39 is 10.0 Å². The van der Waals surface area contributed by atoms with Gasteiger partial charge < -0.3 is 5.32 Å². The fourth-order valence-electron chi connectivity index (χ4n) is 3.19. The molecular formula is C14H23N3O2S2. The van der Waals surface area contributed by atoms with Crippen LogP contribution in [-0.2, 0) is 16.4 Å². The van der Waals surface area contributed by atoms with Crippen LogP contribution in [0.15, 0.2) is 16.3 Å². The lowest BCUT2D eigenvalue weighted by molar-refractivity contribution is 0.158. The maximum Gasteiger partial charge on any atom is 0.252 e. The Morgan fingerprint density at radius 1 is 1.33 bits per heavy atom. The lowest BCUT2D eigenvalue weighted by atomic mass is 10.2. The first-order chi connectivity index (χ1) is 10.1. The molecule has 1 atom stereocenters. The molecule has 2 saturated heterocycles. The van der Waals surface area contributed by atoms with Gasteiger partial charge >= 0.3 is 0 Å². The number of hydrogen-bond acceptors (Lipinski definition) is 5. The van der Waals surface area contributed by atoms with E-state index in [1.807, 2.05) is 13.1 Å². The second-order valence-corrected chi connectivity index (χ2v) is 9.10. The second kappa shape index (κ2) is 6.34. The van der Waals surface area contributed by atoms with Gasteiger partial charge in [-0.05, 0) is 51.5 Å². The Kier molecular flexibility index (Phi) is 4.66. The van der Waals surface area contributed by atoms with Gasteiger partial charge in [0.05, 0.1) is 0 Å². The molecule has 7 heteroatoms. The Bertz CT molecular complexity index is 585. The van der Waals surface area contributed by atoms with Gasteiger partial charge in [-0.3, -0.25) is 4.90 Å². The molecule has 1 unspecified atom stereocenters. The van der Waals surface area contributed by atoms with Gasteiger partial charge in [0.1, 0.15) is 4.21 Å². The summed E-state index contributed by atoms with van der Waals surface area (Å²) in [4.78, 5) is 3.56. The summed E-state index contributed by atoms with van der Waals surface area (Å²) >= 11 is 1.42. The maximum absolute atomic E-state index is 12.8. The SMILES string of the molecule is CNCCc1ccc(S(=O)(=O)N2CCN3CCCC3C2)s1. The van der Waals surface area contributed by atoms with E-state index in [1.54, 1.807) is 10.4 Å². The first-order valence-electron chi connectivity index (χ1n) is 7.59. The van der Waals surface area contributed by atoms with E-state index in [4.69, 9.17) is 0 Å². The van der Waals surface area contributed by atoms with Crippen molar-refractivity contribution in [2.24, 2.45) is 0 Å². The Morgan fingerprint density at radius 3 is 3.00 bits per heavy atom. The average Bonchev–Trinajstić information content (AvgIpc) is 3.13. The number of thiophene rings is 1. The Labute approximate surface area is 131 Å². The van der Waals surface area contributed by atoms with Crippen LogP contribution in [0.25, 0.3) is 0 Å². The van der Waals surface area contributed by atoms with Crippen molar-refractivity contribution >= 4 is 21.4 Å². The van der Waals surface area contributed by atoms with Crippen molar-refractivity contribution in [1.82, 2.24) is 14.5 Å². The Hall–Kier alpha value is -0.470. The van der Waals surface area contributed by atoms with E-state index in [1.165, 1.54) is 17.8 Å². The summed E-state index contributed by atoms with van der Waals surface area (Å²) in [5, 5.41) is 3.09. The zero-order valence-corrected chi connectivity index (χ0v) is 14.0. The van der Waals surface area contributed by atoms with Crippen molar-refractivity contribution in [2.75, 3.05) is 39.8 Å². The number of nitrogens with zero attached hydrogens (tertiary/aromatic N) is 2. The van der Waals surface area contributed by atoms with E-state index in [0.717, 1.165) is 37.4 Å². The molecule has 3 heterocycles. The quantitative estimate of drug-likeness (QED) is 0.875. The molecule has 1 aromatic rings. The van der Waals surface area contributed by atoms with Crippen molar-refractivity contribution in [3.8, 4) is 0 Å². The minimum atomic E-state index is -3.30. The molecule has 0 aromatic carbocycles. The fraction of sp³-hybridized carbons (Fsp3) is 0.714. The van der Waals surface area contributed by atoms with Crippen LogP contribution in [0.1, 0.15) is 17.7 Å². The first-order valence-corrected chi connectivity index (χ1v) is 9.84. The summed E-state index contributed by atoms with van der Waals surface area (Å²) < 4.78 is 27.7. The van der Waals surface area contributed by atoms with E-state index in [0.29, 0.717) is 23.3 Å². The molecule has 1 aromatic heterocycles. The van der Waals surface area contributed by atoms with Crippen molar-refractivity contribution in [2.45, 2.75) is 29.5 Å². The fourth-order valence-corrected chi connectivity index (χ4v) is 6.17. The third-order valence-electron chi connectivity index (χ3n) is 4.40. The van der Waals surface area contributed by atoms with Gasteiger partial charge in [-0.25, -0.2) is 8.42 Å². The zero-order valence-electron chi connectivity index (χ0n) is 12.4.